The minimum Gasteiger partial charge on any atom is -0.277 e. The third-order valence-corrected chi connectivity index (χ3v) is 6.05. The Morgan fingerprint density at radius 2 is 1.80 bits per heavy atom. The number of hydrogen-bond acceptors (Lipinski definition) is 6. The molecule has 0 spiro atoms. The number of hydrogen-bond donors (Lipinski definition) is 0. The van der Waals surface area contributed by atoms with Crippen molar-refractivity contribution in [3.05, 3.63) is 76.6 Å². The maximum atomic E-state index is 12.8. The third kappa shape index (κ3) is 2.89. The smallest absolute Gasteiger partial charge is 0.262 e. The van der Waals surface area contributed by atoms with Gasteiger partial charge in [-0.15, -0.1) is 20.4 Å². The lowest BCUT2D eigenvalue weighted by atomic mass is 10.2. The average Bonchev–Trinajstić information content (AvgIpc) is 3.40. The highest BCUT2D eigenvalue weighted by Gasteiger charge is 2.17. The molecule has 8 nitrogen and oxygen atoms in total. The Morgan fingerprint density at radius 3 is 2.63 bits per heavy atom. The van der Waals surface area contributed by atoms with Gasteiger partial charge in [-0.3, -0.25) is 18.3 Å². The highest BCUT2D eigenvalue weighted by atomic mass is 32.2. The van der Waals surface area contributed by atoms with Crippen LogP contribution in [0.1, 0.15) is 18.3 Å². The number of rotatable bonds is 5. The zero-order valence-corrected chi connectivity index (χ0v) is 17.4. The van der Waals surface area contributed by atoms with Gasteiger partial charge in [-0.2, -0.15) is 0 Å². The molecule has 0 aliphatic carbocycles. The van der Waals surface area contributed by atoms with Crippen molar-refractivity contribution in [1.29, 1.82) is 0 Å². The Kier molecular flexibility index (Phi) is 4.59. The van der Waals surface area contributed by atoms with E-state index in [1.807, 2.05) is 58.4 Å². The van der Waals surface area contributed by atoms with Crippen LogP contribution in [0.25, 0.3) is 22.4 Å². The normalized spacial score (nSPS) is 11.5. The van der Waals surface area contributed by atoms with E-state index in [-0.39, 0.29) is 5.56 Å². The standard InChI is InChI=1S/C21H19N7OS/c1-3-26-19(29)15-9-5-7-11-17(15)28-18(23-24-20(26)28)12-30-21-25-22-13-27(21)16-10-6-4-8-14(16)2/h4-11,13H,3,12H2,1-2H3. The van der Waals surface area contributed by atoms with Gasteiger partial charge in [-0.1, -0.05) is 42.1 Å². The highest BCUT2D eigenvalue weighted by Crippen LogP contribution is 2.25. The number of aryl methyl sites for hydroxylation is 2. The van der Waals surface area contributed by atoms with Crippen molar-refractivity contribution in [1.82, 2.24) is 33.9 Å². The quantitative estimate of drug-likeness (QED) is 0.408. The minimum atomic E-state index is -0.0495. The van der Waals surface area contributed by atoms with Gasteiger partial charge in [0, 0.05) is 6.54 Å². The van der Waals surface area contributed by atoms with E-state index in [2.05, 4.69) is 33.4 Å². The van der Waals surface area contributed by atoms with Gasteiger partial charge in [0.2, 0.25) is 5.78 Å². The SMILES string of the molecule is CCn1c(=O)c2ccccc2n2c(CSc3nncn3-c3ccccc3C)nnc12. The van der Waals surface area contributed by atoms with Crippen molar-refractivity contribution in [2.45, 2.75) is 31.3 Å². The van der Waals surface area contributed by atoms with E-state index in [0.29, 0.717) is 23.5 Å². The molecule has 0 amide bonds. The molecule has 0 fully saturated rings. The van der Waals surface area contributed by atoms with Gasteiger partial charge in [0.25, 0.3) is 5.56 Å². The van der Waals surface area contributed by atoms with E-state index >= 15 is 0 Å². The summed E-state index contributed by atoms with van der Waals surface area (Å²) >= 11 is 1.53. The summed E-state index contributed by atoms with van der Waals surface area (Å²) in [5.41, 5.74) is 2.95. The first-order valence-electron chi connectivity index (χ1n) is 9.63. The maximum absolute atomic E-state index is 12.8. The number of nitrogens with zero attached hydrogens (tertiary/aromatic N) is 7. The van der Waals surface area contributed by atoms with Crippen LogP contribution in [0.15, 0.2) is 64.8 Å². The largest absolute Gasteiger partial charge is 0.277 e. The third-order valence-electron chi connectivity index (χ3n) is 5.11. The van der Waals surface area contributed by atoms with E-state index in [1.54, 1.807) is 10.9 Å². The van der Waals surface area contributed by atoms with Gasteiger partial charge >= 0.3 is 0 Å². The maximum Gasteiger partial charge on any atom is 0.262 e. The molecule has 0 saturated carbocycles. The molecule has 9 heteroatoms. The number of para-hydroxylation sites is 2. The molecule has 0 unspecified atom stereocenters. The van der Waals surface area contributed by atoms with E-state index < -0.39 is 0 Å². The average molecular weight is 417 g/mol. The molecule has 0 N–H and O–H groups in total. The lowest BCUT2D eigenvalue weighted by Crippen LogP contribution is -2.22. The summed E-state index contributed by atoms with van der Waals surface area (Å²) in [7, 11) is 0. The Bertz CT molecular complexity index is 1430. The summed E-state index contributed by atoms with van der Waals surface area (Å²) in [5.74, 6) is 1.85. The topological polar surface area (TPSA) is 82.9 Å². The van der Waals surface area contributed by atoms with Gasteiger partial charge in [-0.05, 0) is 37.6 Å². The van der Waals surface area contributed by atoms with E-state index in [1.165, 1.54) is 11.8 Å². The molecule has 3 aromatic heterocycles. The molecule has 0 aliphatic rings. The molecule has 2 aromatic carbocycles. The molecule has 3 heterocycles. The number of thioether (sulfide) groups is 1. The zero-order valence-electron chi connectivity index (χ0n) is 16.6. The van der Waals surface area contributed by atoms with Gasteiger partial charge in [0.1, 0.15) is 12.2 Å². The Labute approximate surface area is 176 Å². The van der Waals surface area contributed by atoms with Crippen LogP contribution in [0.4, 0.5) is 0 Å². The van der Waals surface area contributed by atoms with Crippen LogP contribution in [0.5, 0.6) is 0 Å². The molecule has 30 heavy (non-hydrogen) atoms. The summed E-state index contributed by atoms with van der Waals surface area (Å²) in [6.07, 6.45) is 1.72. The Balaban J connectivity index is 1.57. The first-order valence-corrected chi connectivity index (χ1v) is 10.6. The first-order chi connectivity index (χ1) is 14.7. The fraction of sp³-hybridized carbons (Fsp3) is 0.190. The van der Waals surface area contributed by atoms with Gasteiger partial charge in [0.05, 0.1) is 22.3 Å². The number of benzene rings is 2. The van der Waals surface area contributed by atoms with E-state index in [9.17, 15) is 4.79 Å². The molecule has 0 atom stereocenters. The van der Waals surface area contributed by atoms with Gasteiger partial charge < -0.3 is 0 Å². The molecule has 5 rings (SSSR count). The minimum absolute atomic E-state index is 0.0495. The van der Waals surface area contributed by atoms with Crippen molar-refractivity contribution in [2.24, 2.45) is 0 Å². The summed E-state index contributed by atoms with van der Waals surface area (Å²) in [6, 6.07) is 15.7. The molecule has 0 saturated heterocycles. The van der Waals surface area contributed by atoms with Crippen LogP contribution in [0.3, 0.4) is 0 Å². The second kappa shape index (κ2) is 7.42. The zero-order chi connectivity index (χ0) is 20.7. The Morgan fingerprint density at radius 1 is 1.00 bits per heavy atom. The van der Waals surface area contributed by atoms with Crippen LogP contribution in [0, 0.1) is 6.92 Å². The summed E-state index contributed by atoms with van der Waals surface area (Å²) in [6.45, 7) is 4.52. The summed E-state index contributed by atoms with van der Waals surface area (Å²) < 4.78 is 5.59. The molecular weight excluding hydrogens is 398 g/mol. The van der Waals surface area contributed by atoms with Crippen LogP contribution in [0.2, 0.25) is 0 Å². The van der Waals surface area contributed by atoms with Crippen LogP contribution < -0.4 is 5.56 Å². The molecular formula is C21H19N7OS. The lowest BCUT2D eigenvalue weighted by molar-refractivity contribution is 0.735. The van der Waals surface area contributed by atoms with E-state index in [0.717, 1.165) is 27.7 Å². The fourth-order valence-electron chi connectivity index (χ4n) is 3.64. The monoisotopic (exact) mass is 417 g/mol. The van der Waals surface area contributed by atoms with Crippen molar-refractivity contribution in [2.75, 3.05) is 0 Å². The van der Waals surface area contributed by atoms with Crippen LogP contribution in [-0.2, 0) is 12.3 Å². The van der Waals surface area contributed by atoms with E-state index in [4.69, 9.17) is 0 Å². The van der Waals surface area contributed by atoms with Crippen molar-refractivity contribution in [3.63, 3.8) is 0 Å². The second-order valence-corrected chi connectivity index (χ2v) is 7.82. The first kappa shape index (κ1) is 18.6. The van der Waals surface area contributed by atoms with Crippen LogP contribution >= 0.6 is 11.8 Å². The molecule has 0 aliphatic heterocycles. The van der Waals surface area contributed by atoms with Gasteiger partial charge in [-0.25, -0.2) is 0 Å². The van der Waals surface area contributed by atoms with Crippen LogP contribution in [-0.4, -0.2) is 33.9 Å². The predicted octanol–water partition coefficient (Wildman–Crippen LogP) is 3.25. The fourth-order valence-corrected chi connectivity index (χ4v) is 4.48. The van der Waals surface area contributed by atoms with Crippen molar-refractivity contribution < 1.29 is 0 Å². The molecule has 150 valence electrons. The summed E-state index contributed by atoms with van der Waals surface area (Å²) in [4.78, 5) is 12.8. The predicted molar refractivity (Wildman–Crippen MR) is 116 cm³/mol. The molecule has 0 bridgehead atoms. The van der Waals surface area contributed by atoms with Crippen molar-refractivity contribution in [3.8, 4) is 5.69 Å². The highest BCUT2D eigenvalue weighted by molar-refractivity contribution is 7.98. The molecule has 5 aromatic rings. The molecule has 0 radical (unpaired) electrons. The van der Waals surface area contributed by atoms with Gasteiger partial charge in [0.15, 0.2) is 5.16 Å². The Hall–Kier alpha value is -3.46. The number of aromatic nitrogens is 7. The summed E-state index contributed by atoms with van der Waals surface area (Å²) in [5, 5.41) is 18.5. The second-order valence-electron chi connectivity index (χ2n) is 6.88. The lowest BCUT2D eigenvalue weighted by Gasteiger charge is -2.10. The number of fused-ring (bicyclic) bond motifs is 3. The van der Waals surface area contributed by atoms with Crippen molar-refractivity contribution >= 4 is 28.4 Å².